The molecule has 2 aromatic carbocycles. The zero-order chi connectivity index (χ0) is 19.4. The Kier molecular flexibility index (Phi) is 5.57. The highest BCUT2D eigenvalue weighted by Crippen LogP contribution is 2.22. The first kappa shape index (κ1) is 18.7. The third-order valence-corrected chi connectivity index (χ3v) is 4.74. The molecule has 6 heteroatoms. The van der Waals surface area contributed by atoms with E-state index in [0.717, 1.165) is 29.3 Å². The Balaban J connectivity index is 1.84. The smallest absolute Gasteiger partial charge is 0.274 e. The number of fused-ring (bicyclic) bond motifs is 1. The number of para-hydroxylation sites is 1. The molecule has 3 aromatic rings. The van der Waals surface area contributed by atoms with Crippen molar-refractivity contribution < 1.29 is 14.8 Å². The van der Waals surface area contributed by atoms with E-state index in [9.17, 15) is 9.59 Å². The van der Waals surface area contributed by atoms with Gasteiger partial charge in [0.25, 0.3) is 11.8 Å². The number of hydrogen-bond donors (Lipinski definition) is 3. The van der Waals surface area contributed by atoms with E-state index in [-0.39, 0.29) is 11.9 Å². The van der Waals surface area contributed by atoms with Crippen molar-refractivity contribution in [2.24, 2.45) is 7.05 Å². The van der Waals surface area contributed by atoms with Crippen LogP contribution >= 0.6 is 0 Å². The molecular formula is C21H23N3O3. The summed E-state index contributed by atoms with van der Waals surface area (Å²) in [6.07, 6.45) is 1.68. The molecule has 2 amide bonds. The molecule has 140 valence electrons. The first-order valence-electron chi connectivity index (χ1n) is 8.95. The number of nitrogens with zero attached hydrogens (tertiary/aromatic N) is 1. The van der Waals surface area contributed by atoms with E-state index in [1.54, 1.807) is 29.7 Å². The third kappa shape index (κ3) is 3.85. The second kappa shape index (κ2) is 8.05. The quantitative estimate of drug-likeness (QED) is 0.461. The van der Waals surface area contributed by atoms with E-state index >= 15 is 0 Å². The predicted octanol–water partition coefficient (Wildman–Crippen LogP) is 3.57. The van der Waals surface area contributed by atoms with Gasteiger partial charge in [-0.25, -0.2) is 5.48 Å². The van der Waals surface area contributed by atoms with Crippen LogP contribution in [-0.4, -0.2) is 21.6 Å². The summed E-state index contributed by atoms with van der Waals surface area (Å²) >= 11 is 0. The molecule has 3 rings (SSSR count). The number of aryl methyl sites for hydroxylation is 1. The Morgan fingerprint density at radius 2 is 1.78 bits per heavy atom. The number of aromatic nitrogens is 1. The molecule has 0 unspecified atom stereocenters. The van der Waals surface area contributed by atoms with E-state index in [2.05, 4.69) is 12.2 Å². The van der Waals surface area contributed by atoms with Crippen molar-refractivity contribution in [1.82, 2.24) is 15.4 Å². The highest BCUT2D eigenvalue weighted by Gasteiger charge is 2.19. The van der Waals surface area contributed by atoms with E-state index in [4.69, 9.17) is 5.21 Å². The van der Waals surface area contributed by atoms with Gasteiger partial charge in [-0.15, -0.1) is 0 Å². The van der Waals surface area contributed by atoms with Gasteiger partial charge in [0.15, 0.2) is 0 Å². The molecule has 3 N–H and O–H groups in total. The first-order valence-corrected chi connectivity index (χ1v) is 8.95. The molecular weight excluding hydrogens is 342 g/mol. The SMILES string of the molecule is CCC[C@@H](NC(=O)c1cc2ccccc2n1C)c1ccc(C(=O)NO)cc1. The molecule has 0 saturated carbocycles. The largest absolute Gasteiger partial charge is 0.344 e. The van der Waals surface area contributed by atoms with Gasteiger partial charge >= 0.3 is 0 Å². The second-order valence-electron chi connectivity index (χ2n) is 6.53. The van der Waals surface area contributed by atoms with Crippen molar-refractivity contribution in [2.75, 3.05) is 0 Å². The van der Waals surface area contributed by atoms with E-state index < -0.39 is 5.91 Å². The number of hydrogen-bond acceptors (Lipinski definition) is 3. The summed E-state index contributed by atoms with van der Waals surface area (Å²) in [4.78, 5) is 24.4. The summed E-state index contributed by atoms with van der Waals surface area (Å²) < 4.78 is 1.89. The maximum absolute atomic E-state index is 12.9. The van der Waals surface area contributed by atoms with Gasteiger partial charge in [0.05, 0.1) is 6.04 Å². The van der Waals surface area contributed by atoms with Crippen molar-refractivity contribution >= 4 is 22.7 Å². The minimum Gasteiger partial charge on any atom is -0.344 e. The van der Waals surface area contributed by atoms with Gasteiger partial charge in [-0.1, -0.05) is 43.7 Å². The zero-order valence-corrected chi connectivity index (χ0v) is 15.4. The topological polar surface area (TPSA) is 83.4 Å². The normalized spacial score (nSPS) is 12.0. The lowest BCUT2D eigenvalue weighted by Crippen LogP contribution is -2.30. The molecule has 1 atom stereocenters. The van der Waals surface area contributed by atoms with Crippen LogP contribution in [0.1, 0.15) is 52.2 Å². The molecule has 0 fully saturated rings. The third-order valence-electron chi connectivity index (χ3n) is 4.74. The highest BCUT2D eigenvalue weighted by atomic mass is 16.5. The molecule has 0 aliphatic heterocycles. The van der Waals surface area contributed by atoms with E-state index in [1.807, 2.05) is 41.9 Å². The summed E-state index contributed by atoms with van der Waals surface area (Å²) in [5.74, 6) is -0.697. The number of benzene rings is 2. The summed E-state index contributed by atoms with van der Waals surface area (Å²) in [6.45, 7) is 2.06. The van der Waals surface area contributed by atoms with Crippen LogP contribution in [0.25, 0.3) is 10.9 Å². The van der Waals surface area contributed by atoms with Gasteiger partial charge in [-0.3, -0.25) is 14.8 Å². The van der Waals surface area contributed by atoms with Gasteiger partial charge in [-0.2, -0.15) is 0 Å². The molecule has 27 heavy (non-hydrogen) atoms. The fraction of sp³-hybridized carbons (Fsp3) is 0.238. The Hall–Kier alpha value is -3.12. The number of carbonyl (C=O) groups is 2. The Bertz CT molecular complexity index is 960. The molecule has 0 bridgehead atoms. The average Bonchev–Trinajstić information content (AvgIpc) is 3.04. The number of nitrogens with one attached hydrogen (secondary N) is 2. The summed E-state index contributed by atoms with van der Waals surface area (Å²) in [5, 5.41) is 12.9. The second-order valence-corrected chi connectivity index (χ2v) is 6.53. The summed E-state index contributed by atoms with van der Waals surface area (Å²) in [6, 6.07) is 16.5. The molecule has 0 spiro atoms. The van der Waals surface area contributed by atoms with Crippen molar-refractivity contribution in [3.8, 4) is 0 Å². The minimum absolute atomic E-state index is 0.135. The van der Waals surface area contributed by atoms with Gasteiger partial charge in [0, 0.05) is 23.5 Å². The van der Waals surface area contributed by atoms with Crippen LogP contribution in [-0.2, 0) is 7.05 Å². The molecule has 1 heterocycles. The van der Waals surface area contributed by atoms with Crippen LogP contribution < -0.4 is 10.8 Å². The maximum atomic E-state index is 12.9. The molecule has 0 aliphatic rings. The first-order chi connectivity index (χ1) is 13.0. The number of rotatable bonds is 6. The predicted molar refractivity (Wildman–Crippen MR) is 104 cm³/mol. The lowest BCUT2D eigenvalue weighted by atomic mass is 10.0. The van der Waals surface area contributed by atoms with Gasteiger partial charge in [0.2, 0.25) is 0 Å². The monoisotopic (exact) mass is 365 g/mol. The molecule has 0 aliphatic carbocycles. The van der Waals surface area contributed by atoms with Crippen LogP contribution in [0.15, 0.2) is 54.6 Å². The van der Waals surface area contributed by atoms with Crippen molar-refractivity contribution in [3.05, 3.63) is 71.4 Å². The van der Waals surface area contributed by atoms with Crippen LogP contribution in [0.5, 0.6) is 0 Å². The van der Waals surface area contributed by atoms with Gasteiger partial charge < -0.3 is 9.88 Å². The van der Waals surface area contributed by atoms with Gasteiger partial charge in [-0.05, 0) is 36.2 Å². The lowest BCUT2D eigenvalue weighted by molar-refractivity contribution is 0.0706. The van der Waals surface area contributed by atoms with Gasteiger partial charge in [0.1, 0.15) is 5.69 Å². The number of amides is 2. The standard InChI is InChI=1S/C21H23N3O3/c1-3-6-17(14-9-11-15(12-10-14)20(25)23-27)22-21(26)19-13-16-7-4-5-8-18(16)24(19)2/h4-5,7-13,17,27H,3,6H2,1-2H3,(H,22,26)(H,23,25)/t17-/m1/s1. The van der Waals surface area contributed by atoms with Crippen LogP contribution in [0.3, 0.4) is 0 Å². The lowest BCUT2D eigenvalue weighted by Gasteiger charge is -2.19. The summed E-state index contributed by atoms with van der Waals surface area (Å²) in [5.41, 5.74) is 4.50. The van der Waals surface area contributed by atoms with Crippen LogP contribution in [0.2, 0.25) is 0 Å². The van der Waals surface area contributed by atoms with Crippen molar-refractivity contribution in [1.29, 1.82) is 0 Å². The maximum Gasteiger partial charge on any atom is 0.274 e. The molecule has 0 radical (unpaired) electrons. The van der Waals surface area contributed by atoms with Crippen molar-refractivity contribution in [2.45, 2.75) is 25.8 Å². The number of carbonyl (C=O) groups excluding carboxylic acids is 2. The highest BCUT2D eigenvalue weighted by molar-refractivity contribution is 5.99. The molecule has 1 aromatic heterocycles. The van der Waals surface area contributed by atoms with Crippen LogP contribution in [0.4, 0.5) is 0 Å². The van der Waals surface area contributed by atoms with Crippen molar-refractivity contribution in [3.63, 3.8) is 0 Å². The average molecular weight is 365 g/mol. The van der Waals surface area contributed by atoms with Crippen LogP contribution in [0, 0.1) is 0 Å². The minimum atomic E-state index is -0.562. The fourth-order valence-corrected chi connectivity index (χ4v) is 3.28. The van der Waals surface area contributed by atoms with E-state index in [0.29, 0.717) is 11.3 Å². The Labute approximate surface area is 157 Å². The molecule has 6 nitrogen and oxygen atoms in total. The molecule has 0 saturated heterocycles. The zero-order valence-electron chi connectivity index (χ0n) is 15.4. The fourth-order valence-electron chi connectivity index (χ4n) is 3.28. The van der Waals surface area contributed by atoms with E-state index in [1.165, 1.54) is 0 Å². The Morgan fingerprint density at radius 1 is 1.07 bits per heavy atom. The summed E-state index contributed by atoms with van der Waals surface area (Å²) in [7, 11) is 1.88. The number of hydroxylamine groups is 1. The Morgan fingerprint density at radius 3 is 2.41 bits per heavy atom.